The highest BCUT2D eigenvalue weighted by Gasteiger charge is 1.96. The SMILES string of the molecule is [CH]c1cc(Br)ccc1OC. The van der Waals surface area contributed by atoms with Gasteiger partial charge in [0.15, 0.2) is 0 Å². The van der Waals surface area contributed by atoms with Crippen LogP contribution in [-0.2, 0) is 0 Å². The van der Waals surface area contributed by atoms with Crippen LogP contribution < -0.4 is 4.74 Å². The molecule has 1 rings (SSSR count). The van der Waals surface area contributed by atoms with Gasteiger partial charge < -0.3 is 4.74 Å². The molecule has 52 valence electrons. The van der Waals surface area contributed by atoms with Crippen LogP contribution in [0.25, 0.3) is 0 Å². The van der Waals surface area contributed by atoms with E-state index in [4.69, 9.17) is 11.7 Å². The van der Waals surface area contributed by atoms with Crippen molar-refractivity contribution >= 4 is 15.9 Å². The van der Waals surface area contributed by atoms with Gasteiger partial charge in [-0.1, -0.05) is 15.9 Å². The summed E-state index contributed by atoms with van der Waals surface area (Å²) >= 11 is 3.29. The van der Waals surface area contributed by atoms with E-state index >= 15 is 0 Å². The molecule has 0 amide bonds. The molecule has 0 aromatic heterocycles. The molecule has 2 radical (unpaired) electrons. The van der Waals surface area contributed by atoms with Crippen LogP contribution in [0.4, 0.5) is 0 Å². The zero-order chi connectivity index (χ0) is 7.56. The lowest BCUT2D eigenvalue weighted by Gasteiger charge is -2.02. The molecular formula is C8H7BrO. The van der Waals surface area contributed by atoms with Gasteiger partial charge in [-0.05, 0) is 23.8 Å². The average Bonchev–Trinajstić information content (AvgIpc) is 1.88. The van der Waals surface area contributed by atoms with Crippen molar-refractivity contribution in [1.82, 2.24) is 0 Å². The van der Waals surface area contributed by atoms with Crippen molar-refractivity contribution in [1.29, 1.82) is 0 Å². The van der Waals surface area contributed by atoms with Gasteiger partial charge in [0.25, 0.3) is 0 Å². The zero-order valence-corrected chi connectivity index (χ0v) is 7.18. The quantitative estimate of drug-likeness (QED) is 0.675. The van der Waals surface area contributed by atoms with Crippen LogP contribution in [0, 0.1) is 6.92 Å². The second kappa shape index (κ2) is 3.06. The van der Waals surface area contributed by atoms with E-state index in [1.807, 2.05) is 12.1 Å². The van der Waals surface area contributed by atoms with Crippen LogP contribution >= 0.6 is 15.9 Å². The van der Waals surface area contributed by atoms with Crippen LogP contribution in [0.15, 0.2) is 22.7 Å². The Balaban J connectivity index is 3.07. The maximum Gasteiger partial charge on any atom is 0.122 e. The Morgan fingerprint density at radius 2 is 2.20 bits per heavy atom. The van der Waals surface area contributed by atoms with Crippen molar-refractivity contribution in [2.24, 2.45) is 0 Å². The molecule has 1 aromatic carbocycles. The standard InChI is InChI=1S/C8H7BrO/c1-6-5-7(9)3-4-8(6)10-2/h1,3-5H,2H3. The number of methoxy groups -OCH3 is 1. The fourth-order valence-corrected chi connectivity index (χ4v) is 1.08. The van der Waals surface area contributed by atoms with Gasteiger partial charge in [-0.3, -0.25) is 0 Å². The molecule has 0 heterocycles. The maximum absolute atomic E-state index is 5.58. The van der Waals surface area contributed by atoms with Crippen LogP contribution in [0.5, 0.6) is 5.75 Å². The summed E-state index contributed by atoms with van der Waals surface area (Å²) in [6.07, 6.45) is 0. The number of hydrogen-bond donors (Lipinski definition) is 0. The molecule has 0 spiro atoms. The van der Waals surface area contributed by atoms with Gasteiger partial charge >= 0.3 is 0 Å². The van der Waals surface area contributed by atoms with Crippen LogP contribution in [0.2, 0.25) is 0 Å². The first-order valence-corrected chi connectivity index (χ1v) is 3.62. The molecule has 0 unspecified atom stereocenters. The van der Waals surface area contributed by atoms with Gasteiger partial charge in [0.05, 0.1) is 7.11 Å². The third kappa shape index (κ3) is 1.51. The molecule has 0 saturated heterocycles. The minimum atomic E-state index is 0.650. The van der Waals surface area contributed by atoms with E-state index in [2.05, 4.69) is 15.9 Å². The number of benzene rings is 1. The summed E-state index contributed by atoms with van der Waals surface area (Å²) in [5.41, 5.74) is 0.650. The molecule has 0 bridgehead atoms. The van der Waals surface area contributed by atoms with Gasteiger partial charge in [-0.2, -0.15) is 0 Å². The molecule has 0 aliphatic carbocycles. The van der Waals surface area contributed by atoms with Crippen molar-refractivity contribution in [3.63, 3.8) is 0 Å². The number of rotatable bonds is 1. The van der Waals surface area contributed by atoms with E-state index in [9.17, 15) is 0 Å². The number of hydrogen-bond acceptors (Lipinski definition) is 1. The smallest absolute Gasteiger partial charge is 0.122 e. The van der Waals surface area contributed by atoms with Gasteiger partial charge in [-0.25, -0.2) is 0 Å². The number of halogens is 1. The first-order chi connectivity index (χ1) is 4.74. The third-order valence-electron chi connectivity index (χ3n) is 1.19. The monoisotopic (exact) mass is 198 g/mol. The van der Waals surface area contributed by atoms with Crippen LogP contribution in [-0.4, -0.2) is 7.11 Å². The van der Waals surface area contributed by atoms with Crippen LogP contribution in [0.3, 0.4) is 0 Å². The summed E-state index contributed by atoms with van der Waals surface area (Å²) in [7, 11) is 1.60. The Hall–Kier alpha value is -0.500. The summed E-state index contributed by atoms with van der Waals surface area (Å²) < 4.78 is 5.92. The number of ether oxygens (including phenoxy) is 1. The van der Waals surface area contributed by atoms with Crippen molar-refractivity contribution in [3.8, 4) is 5.75 Å². The van der Waals surface area contributed by atoms with Crippen molar-refractivity contribution in [2.45, 2.75) is 0 Å². The molecule has 1 nitrogen and oxygen atoms in total. The van der Waals surface area contributed by atoms with E-state index in [0.717, 1.165) is 4.47 Å². The molecule has 10 heavy (non-hydrogen) atoms. The highest BCUT2D eigenvalue weighted by molar-refractivity contribution is 9.10. The minimum absolute atomic E-state index is 0.650. The molecule has 2 heteroatoms. The molecular weight excluding hydrogens is 192 g/mol. The summed E-state index contributed by atoms with van der Waals surface area (Å²) in [5.74, 6) is 0.711. The first kappa shape index (κ1) is 7.61. The molecule has 0 N–H and O–H groups in total. The summed E-state index contributed by atoms with van der Waals surface area (Å²) in [6, 6.07) is 5.51. The molecule has 0 fully saturated rings. The maximum atomic E-state index is 5.58. The van der Waals surface area contributed by atoms with E-state index in [1.54, 1.807) is 13.2 Å². The van der Waals surface area contributed by atoms with Gasteiger partial charge in [-0.15, -0.1) is 0 Å². The fourth-order valence-electron chi connectivity index (χ4n) is 0.705. The Bertz CT molecular complexity index is 233. The van der Waals surface area contributed by atoms with Gasteiger partial charge in [0.2, 0.25) is 0 Å². The minimum Gasteiger partial charge on any atom is -0.496 e. The lowest BCUT2D eigenvalue weighted by atomic mass is 10.2. The second-order valence-electron chi connectivity index (χ2n) is 1.89. The van der Waals surface area contributed by atoms with E-state index in [1.165, 1.54) is 0 Å². The molecule has 0 aliphatic heterocycles. The lowest BCUT2D eigenvalue weighted by molar-refractivity contribution is 0.413. The predicted molar refractivity (Wildman–Crippen MR) is 44.1 cm³/mol. The summed E-state index contributed by atoms with van der Waals surface area (Å²) in [4.78, 5) is 0. The highest BCUT2D eigenvalue weighted by atomic mass is 79.9. The highest BCUT2D eigenvalue weighted by Crippen LogP contribution is 2.21. The third-order valence-corrected chi connectivity index (χ3v) is 1.68. The molecule has 0 atom stereocenters. The van der Waals surface area contributed by atoms with Crippen molar-refractivity contribution in [3.05, 3.63) is 35.2 Å². The second-order valence-corrected chi connectivity index (χ2v) is 2.80. The fraction of sp³-hybridized carbons (Fsp3) is 0.125. The Morgan fingerprint density at radius 1 is 1.50 bits per heavy atom. The van der Waals surface area contributed by atoms with E-state index < -0.39 is 0 Å². The average molecular weight is 199 g/mol. The molecule has 1 aromatic rings. The van der Waals surface area contributed by atoms with Gasteiger partial charge in [0.1, 0.15) is 5.75 Å². The lowest BCUT2D eigenvalue weighted by Crippen LogP contribution is -1.85. The summed E-state index contributed by atoms with van der Waals surface area (Å²) in [5, 5.41) is 0. The van der Waals surface area contributed by atoms with E-state index in [-0.39, 0.29) is 0 Å². The Labute approximate surface area is 69.1 Å². The van der Waals surface area contributed by atoms with Crippen molar-refractivity contribution in [2.75, 3.05) is 7.11 Å². The molecule has 0 saturated carbocycles. The van der Waals surface area contributed by atoms with Crippen molar-refractivity contribution < 1.29 is 4.74 Å². The van der Waals surface area contributed by atoms with Crippen LogP contribution in [0.1, 0.15) is 5.56 Å². The first-order valence-electron chi connectivity index (χ1n) is 2.83. The molecule has 0 aliphatic rings. The Kier molecular flexibility index (Phi) is 2.33. The van der Waals surface area contributed by atoms with E-state index in [0.29, 0.717) is 11.3 Å². The zero-order valence-electron chi connectivity index (χ0n) is 5.60. The predicted octanol–water partition coefficient (Wildman–Crippen LogP) is 2.52. The normalized spacial score (nSPS) is 9.50. The van der Waals surface area contributed by atoms with Gasteiger partial charge in [0, 0.05) is 11.4 Å². The summed E-state index contributed by atoms with van der Waals surface area (Å²) in [6.45, 7) is 5.58. The Morgan fingerprint density at radius 3 is 2.70 bits per heavy atom. The topological polar surface area (TPSA) is 9.23 Å². The largest absolute Gasteiger partial charge is 0.496 e.